The first-order valence-electron chi connectivity index (χ1n) is 7.95. The predicted octanol–water partition coefficient (Wildman–Crippen LogP) is 2.51. The van der Waals surface area contributed by atoms with Gasteiger partial charge in [-0.05, 0) is 43.7 Å². The summed E-state index contributed by atoms with van der Waals surface area (Å²) in [5.74, 6) is -0.109. The molecular weight excluding hydrogens is 352 g/mol. The molecule has 3 rings (SSSR count). The van der Waals surface area contributed by atoms with E-state index in [2.05, 4.69) is 14.8 Å². The molecule has 0 saturated heterocycles. The average Bonchev–Trinajstić information content (AvgIpc) is 3.16. The van der Waals surface area contributed by atoms with Gasteiger partial charge in [-0.2, -0.15) is 5.10 Å². The third-order valence-corrected chi connectivity index (χ3v) is 5.54. The molecule has 0 bridgehead atoms. The Bertz CT molecular complexity index is 996. The summed E-state index contributed by atoms with van der Waals surface area (Å²) in [6.07, 6.45) is 3.04. The Morgan fingerprint density at radius 1 is 1.08 bits per heavy atom. The van der Waals surface area contributed by atoms with Crippen LogP contribution in [-0.4, -0.2) is 29.0 Å². The van der Waals surface area contributed by atoms with Crippen LogP contribution in [0.3, 0.4) is 0 Å². The monoisotopic (exact) mass is 370 g/mol. The summed E-state index contributed by atoms with van der Waals surface area (Å²) in [5.41, 5.74) is 2.12. The molecule has 26 heavy (non-hydrogen) atoms. The lowest BCUT2D eigenvalue weighted by molar-refractivity contribution is 0.101. The largest absolute Gasteiger partial charge is 0.295 e. The molecular formula is C18H18N4O3S. The molecule has 8 heteroatoms. The molecule has 1 N–H and O–H groups in total. The number of nitrogens with zero attached hydrogens (tertiary/aromatic N) is 3. The highest BCUT2D eigenvalue weighted by Crippen LogP contribution is 2.19. The summed E-state index contributed by atoms with van der Waals surface area (Å²) in [7, 11) is -3.69. The Morgan fingerprint density at radius 2 is 1.73 bits per heavy atom. The Hall–Kier alpha value is -2.84. The van der Waals surface area contributed by atoms with Crippen LogP contribution in [0.1, 0.15) is 35.8 Å². The van der Waals surface area contributed by atoms with E-state index < -0.39 is 16.1 Å². The van der Waals surface area contributed by atoms with E-state index in [4.69, 9.17) is 0 Å². The molecule has 0 aliphatic carbocycles. The number of hydrogen-bond acceptors (Lipinski definition) is 5. The number of nitrogens with one attached hydrogen (secondary N) is 1. The van der Waals surface area contributed by atoms with Crippen molar-refractivity contribution in [2.45, 2.75) is 24.8 Å². The fourth-order valence-corrected chi connectivity index (χ4v) is 3.73. The number of sulfonamides is 1. The minimum Gasteiger partial charge on any atom is -0.295 e. The minimum absolute atomic E-state index is 0.109. The van der Waals surface area contributed by atoms with Gasteiger partial charge in [0.2, 0.25) is 10.0 Å². The first-order chi connectivity index (χ1) is 12.4. The number of aromatic nitrogens is 3. The maximum atomic E-state index is 12.5. The van der Waals surface area contributed by atoms with Crippen LogP contribution in [0.5, 0.6) is 0 Å². The zero-order chi connectivity index (χ0) is 18.7. The number of carbonyl (C=O) groups excluding carboxylic acids is 1. The first kappa shape index (κ1) is 18.0. The summed E-state index contributed by atoms with van der Waals surface area (Å²) < 4.78 is 29.3. The molecule has 7 nitrogen and oxygen atoms in total. The lowest BCUT2D eigenvalue weighted by atomic mass is 10.1. The molecule has 0 radical (unpaired) electrons. The van der Waals surface area contributed by atoms with Gasteiger partial charge in [-0.25, -0.2) is 22.8 Å². The second-order valence-corrected chi connectivity index (χ2v) is 7.57. The number of rotatable bonds is 6. The Balaban J connectivity index is 1.75. The van der Waals surface area contributed by atoms with Gasteiger partial charge in [0, 0.05) is 11.6 Å². The number of ketones is 1. The van der Waals surface area contributed by atoms with Gasteiger partial charge in [0.05, 0.1) is 10.6 Å². The van der Waals surface area contributed by atoms with E-state index in [0.29, 0.717) is 5.56 Å². The molecule has 1 heterocycles. The van der Waals surface area contributed by atoms with Crippen LogP contribution in [0.25, 0.3) is 5.69 Å². The lowest BCUT2D eigenvalue weighted by Crippen LogP contribution is -2.26. The topological polar surface area (TPSA) is 94.0 Å². The van der Waals surface area contributed by atoms with Crippen LogP contribution in [-0.2, 0) is 10.0 Å². The number of Topliss-reactive ketones (excluding diaryl/α,β-unsaturated/α-hetero) is 1. The molecule has 0 fully saturated rings. The van der Waals surface area contributed by atoms with Gasteiger partial charge in [0.15, 0.2) is 5.78 Å². The van der Waals surface area contributed by atoms with Gasteiger partial charge in [-0.1, -0.05) is 24.3 Å². The normalized spacial score (nSPS) is 12.7. The molecule has 0 aliphatic rings. The fourth-order valence-electron chi connectivity index (χ4n) is 2.49. The van der Waals surface area contributed by atoms with Gasteiger partial charge in [-0.15, -0.1) is 0 Å². The van der Waals surface area contributed by atoms with Crippen molar-refractivity contribution in [3.8, 4) is 5.69 Å². The van der Waals surface area contributed by atoms with Crippen LogP contribution in [0.15, 0.2) is 66.1 Å². The van der Waals surface area contributed by atoms with Gasteiger partial charge >= 0.3 is 0 Å². The summed E-state index contributed by atoms with van der Waals surface area (Å²) in [6.45, 7) is 3.21. The number of benzene rings is 2. The summed E-state index contributed by atoms with van der Waals surface area (Å²) >= 11 is 0. The maximum absolute atomic E-state index is 12.5. The molecule has 1 atom stereocenters. The van der Waals surface area contributed by atoms with Crippen LogP contribution >= 0.6 is 0 Å². The van der Waals surface area contributed by atoms with Gasteiger partial charge in [0.1, 0.15) is 12.7 Å². The van der Waals surface area contributed by atoms with Gasteiger partial charge in [0.25, 0.3) is 0 Å². The summed E-state index contributed by atoms with van der Waals surface area (Å²) in [5, 5.41) is 4.05. The van der Waals surface area contributed by atoms with Crippen molar-refractivity contribution in [1.29, 1.82) is 0 Å². The van der Waals surface area contributed by atoms with Crippen molar-refractivity contribution >= 4 is 15.8 Å². The molecule has 0 amide bonds. The van der Waals surface area contributed by atoms with Gasteiger partial charge < -0.3 is 0 Å². The van der Waals surface area contributed by atoms with Crippen LogP contribution < -0.4 is 4.72 Å². The van der Waals surface area contributed by atoms with Crippen molar-refractivity contribution in [1.82, 2.24) is 19.5 Å². The minimum atomic E-state index is -3.69. The van der Waals surface area contributed by atoms with E-state index >= 15 is 0 Å². The van der Waals surface area contributed by atoms with Crippen molar-refractivity contribution in [3.05, 3.63) is 72.3 Å². The Labute approximate surface area is 151 Å². The maximum Gasteiger partial charge on any atom is 0.241 e. The molecule has 2 aromatic carbocycles. The summed E-state index contributed by atoms with van der Waals surface area (Å²) in [6, 6.07) is 12.8. The molecule has 3 aromatic rings. The zero-order valence-corrected chi connectivity index (χ0v) is 15.1. The smallest absolute Gasteiger partial charge is 0.241 e. The van der Waals surface area contributed by atoms with Crippen molar-refractivity contribution in [3.63, 3.8) is 0 Å². The second-order valence-electron chi connectivity index (χ2n) is 5.86. The third-order valence-electron chi connectivity index (χ3n) is 3.98. The standard InChI is InChI=1S/C18H18N4O3S/c1-13(15-3-7-17(8-4-15)22-12-19-11-20-22)21-26(24,25)18-9-5-16(6-10-18)14(2)23/h3-13,21H,1-2H3. The Kier molecular flexibility index (Phi) is 4.97. The van der Waals surface area contributed by atoms with Crippen molar-refractivity contribution < 1.29 is 13.2 Å². The fraction of sp³-hybridized carbons (Fsp3) is 0.167. The third kappa shape index (κ3) is 3.87. The molecule has 1 aromatic heterocycles. The predicted molar refractivity (Wildman–Crippen MR) is 96.5 cm³/mol. The van der Waals surface area contributed by atoms with Crippen LogP contribution in [0, 0.1) is 0 Å². The molecule has 0 aliphatic heterocycles. The van der Waals surface area contributed by atoms with Crippen LogP contribution in [0.2, 0.25) is 0 Å². The van der Waals surface area contributed by atoms with Crippen molar-refractivity contribution in [2.75, 3.05) is 0 Å². The van der Waals surface area contributed by atoms with E-state index in [9.17, 15) is 13.2 Å². The average molecular weight is 370 g/mol. The van der Waals surface area contributed by atoms with E-state index in [0.717, 1.165) is 11.3 Å². The zero-order valence-electron chi connectivity index (χ0n) is 14.3. The van der Waals surface area contributed by atoms with Gasteiger partial charge in [-0.3, -0.25) is 4.79 Å². The first-order valence-corrected chi connectivity index (χ1v) is 9.43. The Morgan fingerprint density at radius 3 is 2.27 bits per heavy atom. The quantitative estimate of drug-likeness (QED) is 0.673. The number of carbonyl (C=O) groups is 1. The highest BCUT2D eigenvalue weighted by atomic mass is 32.2. The second kappa shape index (κ2) is 7.19. The summed E-state index contributed by atoms with van der Waals surface area (Å²) in [4.78, 5) is 15.3. The van der Waals surface area contributed by atoms with Crippen molar-refractivity contribution in [2.24, 2.45) is 0 Å². The lowest BCUT2D eigenvalue weighted by Gasteiger charge is -2.15. The molecule has 1 unspecified atom stereocenters. The SMILES string of the molecule is CC(=O)c1ccc(S(=O)(=O)NC(C)c2ccc(-n3cncn3)cc2)cc1. The number of hydrogen-bond donors (Lipinski definition) is 1. The highest BCUT2D eigenvalue weighted by molar-refractivity contribution is 7.89. The van der Waals surface area contributed by atoms with Crippen LogP contribution in [0.4, 0.5) is 0 Å². The molecule has 0 saturated carbocycles. The molecule has 134 valence electrons. The van der Waals surface area contributed by atoms with E-state index in [1.165, 1.54) is 37.5 Å². The van der Waals surface area contributed by atoms with E-state index in [1.807, 2.05) is 24.3 Å². The molecule has 0 spiro atoms. The van der Waals surface area contributed by atoms with E-state index in [1.54, 1.807) is 17.9 Å². The van der Waals surface area contributed by atoms with E-state index in [-0.39, 0.29) is 10.7 Å². The highest BCUT2D eigenvalue weighted by Gasteiger charge is 2.18.